The Kier molecular flexibility index (Phi) is 6.40. The molecule has 9 heteroatoms. The van der Waals surface area contributed by atoms with Crippen LogP contribution in [0.15, 0.2) is 23.1 Å². The zero-order valence-corrected chi connectivity index (χ0v) is 14.7. The van der Waals surface area contributed by atoms with E-state index in [4.69, 9.17) is 4.74 Å². The average Bonchev–Trinajstić information content (AvgIpc) is 2.58. The molecule has 2 rings (SSSR count). The Morgan fingerprint density at radius 2 is 2.08 bits per heavy atom. The number of urea groups is 1. The molecule has 1 atom stereocenters. The molecule has 0 bridgehead atoms. The summed E-state index contributed by atoms with van der Waals surface area (Å²) in [5.41, 5.74) is 0.739. The number of esters is 1. The number of rotatable bonds is 5. The van der Waals surface area contributed by atoms with E-state index in [0.717, 1.165) is 11.3 Å². The molecule has 1 unspecified atom stereocenters. The largest absolute Gasteiger partial charge is 0.452 e. The molecule has 1 aromatic rings. The fourth-order valence-corrected chi connectivity index (χ4v) is 2.93. The molecule has 4 amide bonds. The monoisotopic (exact) mass is 365 g/mol. The second kappa shape index (κ2) is 8.52. The van der Waals surface area contributed by atoms with Crippen LogP contribution in [0.3, 0.4) is 0 Å². The van der Waals surface area contributed by atoms with Gasteiger partial charge >= 0.3 is 12.0 Å². The Labute approximate surface area is 149 Å². The number of hydrogen-bond acceptors (Lipinski definition) is 6. The predicted octanol–water partition coefficient (Wildman–Crippen LogP) is 1.51. The third-order valence-electron chi connectivity index (χ3n) is 3.27. The van der Waals surface area contributed by atoms with Crippen molar-refractivity contribution < 1.29 is 23.9 Å². The Bertz CT molecular complexity index is 707. The van der Waals surface area contributed by atoms with Crippen molar-refractivity contribution in [1.29, 1.82) is 0 Å². The molecule has 0 aliphatic carbocycles. The highest BCUT2D eigenvalue weighted by Crippen LogP contribution is 2.35. The van der Waals surface area contributed by atoms with Crippen LogP contribution in [-0.2, 0) is 14.3 Å². The predicted molar refractivity (Wildman–Crippen MR) is 92.5 cm³/mol. The van der Waals surface area contributed by atoms with Crippen LogP contribution in [0, 0.1) is 0 Å². The van der Waals surface area contributed by atoms with Crippen molar-refractivity contribution in [3.8, 4) is 0 Å². The van der Waals surface area contributed by atoms with Crippen LogP contribution in [-0.4, -0.2) is 42.2 Å². The van der Waals surface area contributed by atoms with Gasteiger partial charge in [0.2, 0.25) is 5.91 Å². The Morgan fingerprint density at radius 1 is 1.32 bits per heavy atom. The number of imide groups is 1. The molecule has 1 aliphatic heterocycles. The highest BCUT2D eigenvalue weighted by molar-refractivity contribution is 8.00. The lowest BCUT2D eigenvalue weighted by Gasteiger charge is -2.21. The first-order chi connectivity index (χ1) is 11.9. The van der Waals surface area contributed by atoms with Gasteiger partial charge in [-0.3, -0.25) is 14.9 Å². The lowest BCUT2D eigenvalue weighted by atomic mass is 10.2. The first kappa shape index (κ1) is 18.8. The molecule has 1 aromatic carbocycles. The summed E-state index contributed by atoms with van der Waals surface area (Å²) >= 11 is 1.40. The maximum Gasteiger partial charge on any atom is 0.338 e. The summed E-state index contributed by atoms with van der Waals surface area (Å²) in [4.78, 5) is 47.4. The molecule has 0 saturated heterocycles. The van der Waals surface area contributed by atoms with Gasteiger partial charge in [-0.25, -0.2) is 9.59 Å². The minimum absolute atomic E-state index is 0.138. The zero-order valence-electron chi connectivity index (χ0n) is 13.9. The molecule has 25 heavy (non-hydrogen) atoms. The Balaban J connectivity index is 1.89. The number of thioether (sulfide) groups is 1. The second-order valence-electron chi connectivity index (χ2n) is 5.34. The number of hydrogen-bond donors (Lipinski definition) is 3. The van der Waals surface area contributed by atoms with Gasteiger partial charge in [0.15, 0.2) is 6.61 Å². The van der Waals surface area contributed by atoms with Crippen LogP contribution in [0.25, 0.3) is 0 Å². The van der Waals surface area contributed by atoms with Gasteiger partial charge in [0, 0.05) is 11.4 Å². The van der Waals surface area contributed by atoms with Gasteiger partial charge in [-0.15, -0.1) is 11.8 Å². The Hall–Kier alpha value is -2.55. The first-order valence-corrected chi connectivity index (χ1v) is 8.65. The van der Waals surface area contributed by atoms with Gasteiger partial charge in [-0.2, -0.15) is 0 Å². The average molecular weight is 365 g/mol. The van der Waals surface area contributed by atoms with Crippen molar-refractivity contribution in [2.45, 2.75) is 30.4 Å². The van der Waals surface area contributed by atoms with Crippen molar-refractivity contribution in [3.05, 3.63) is 23.8 Å². The summed E-state index contributed by atoms with van der Waals surface area (Å²) in [7, 11) is 0. The summed E-state index contributed by atoms with van der Waals surface area (Å²) in [5.74, 6) is -1.58. The minimum atomic E-state index is -0.724. The van der Waals surface area contributed by atoms with Crippen LogP contribution in [0.4, 0.5) is 10.5 Å². The maximum atomic E-state index is 12.0. The summed E-state index contributed by atoms with van der Waals surface area (Å²) in [6.45, 7) is 3.54. The minimum Gasteiger partial charge on any atom is -0.452 e. The molecule has 0 saturated carbocycles. The molecular weight excluding hydrogens is 346 g/mol. The standard InChI is InChI=1S/C16H19N3O5S/c1-3-6-17-16(23)19-13(20)8-24-15(22)10-4-5-12-11(7-10)18-14(21)9(2)25-12/h4-5,7,9H,3,6,8H2,1-2H3,(H,18,21)(H2,17,19,20,23). The highest BCUT2D eigenvalue weighted by Gasteiger charge is 2.24. The van der Waals surface area contributed by atoms with Gasteiger partial charge in [0.05, 0.1) is 16.5 Å². The fraction of sp³-hybridized carbons (Fsp3) is 0.375. The molecule has 134 valence electrons. The molecule has 0 radical (unpaired) electrons. The van der Waals surface area contributed by atoms with Gasteiger partial charge in [-0.1, -0.05) is 6.92 Å². The van der Waals surface area contributed by atoms with E-state index in [2.05, 4.69) is 16.0 Å². The van der Waals surface area contributed by atoms with Crippen LogP contribution < -0.4 is 16.0 Å². The lowest BCUT2D eigenvalue weighted by molar-refractivity contribution is -0.123. The number of nitrogens with one attached hydrogen (secondary N) is 3. The lowest BCUT2D eigenvalue weighted by Crippen LogP contribution is -2.41. The van der Waals surface area contributed by atoms with E-state index in [0.29, 0.717) is 12.2 Å². The van der Waals surface area contributed by atoms with Gasteiger partial charge in [0.1, 0.15) is 0 Å². The van der Waals surface area contributed by atoms with Crippen molar-refractivity contribution in [2.75, 3.05) is 18.5 Å². The Morgan fingerprint density at radius 3 is 2.80 bits per heavy atom. The van der Waals surface area contributed by atoms with Crippen LogP contribution >= 0.6 is 11.8 Å². The summed E-state index contributed by atoms with van der Waals surface area (Å²) in [5, 5.41) is 7.04. The first-order valence-electron chi connectivity index (χ1n) is 7.77. The van der Waals surface area contributed by atoms with E-state index in [1.807, 2.05) is 6.92 Å². The fourth-order valence-electron chi connectivity index (χ4n) is 2.00. The summed E-state index contributed by atoms with van der Waals surface area (Å²) in [6.07, 6.45) is 0.739. The molecule has 0 aromatic heterocycles. The van der Waals surface area contributed by atoms with Crippen molar-refractivity contribution in [3.63, 3.8) is 0 Å². The van der Waals surface area contributed by atoms with E-state index >= 15 is 0 Å². The molecule has 0 fully saturated rings. The molecule has 8 nitrogen and oxygen atoms in total. The zero-order chi connectivity index (χ0) is 18.4. The van der Waals surface area contributed by atoms with Crippen LogP contribution in [0.2, 0.25) is 0 Å². The second-order valence-corrected chi connectivity index (χ2v) is 6.72. The van der Waals surface area contributed by atoms with E-state index in [9.17, 15) is 19.2 Å². The van der Waals surface area contributed by atoms with Crippen molar-refractivity contribution in [1.82, 2.24) is 10.6 Å². The van der Waals surface area contributed by atoms with E-state index in [1.165, 1.54) is 17.8 Å². The van der Waals surface area contributed by atoms with Crippen molar-refractivity contribution in [2.24, 2.45) is 0 Å². The number of fused-ring (bicyclic) bond motifs is 1. The smallest absolute Gasteiger partial charge is 0.338 e. The third-order valence-corrected chi connectivity index (χ3v) is 4.45. The number of anilines is 1. The van der Waals surface area contributed by atoms with Gasteiger partial charge in [-0.05, 0) is 31.5 Å². The molecule has 0 spiro atoms. The van der Waals surface area contributed by atoms with Crippen molar-refractivity contribution >= 4 is 41.3 Å². The third kappa shape index (κ3) is 5.21. The maximum absolute atomic E-state index is 12.0. The molecule has 3 N–H and O–H groups in total. The number of benzene rings is 1. The normalized spacial score (nSPS) is 15.6. The summed E-state index contributed by atoms with van der Waals surface area (Å²) < 4.78 is 4.88. The molecule has 1 aliphatic rings. The van der Waals surface area contributed by atoms with E-state index in [-0.39, 0.29) is 16.7 Å². The molecule has 1 heterocycles. The summed E-state index contributed by atoms with van der Waals surface area (Å²) in [6, 6.07) is 4.14. The van der Waals surface area contributed by atoms with E-state index in [1.54, 1.807) is 19.1 Å². The van der Waals surface area contributed by atoms with Gasteiger partial charge in [0.25, 0.3) is 5.91 Å². The van der Waals surface area contributed by atoms with E-state index < -0.39 is 24.5 Å². The number of carbonyl (C=O) groups excluding carboxylic acids is 4. The SMILES string of the molecule is CCCNC(=O)NC(=O)COC(=O)c1ccc2c(c1)NC(=O)C(C)S2. The number of ether oxygens (including phenoxy) is 1. The van der Waals surface area contributed by atoms with Crippen LogP contribution in [0.1, 0.15) is 30.6 Å². The number of carbonyl (C=O) groups is 4. The topological polar surface area (TPSA) is 114 Å². The highest BCUT2D eigenvalue weighted by atomic mass is 32.2. The van der Waals surface area contributed by atoms with Gasteiger partial charge < -0.3 is 15.4 Å². The quantitative estimate of drug-likeness (QED) is 0.682. The number of amides is 4. The molecular formula is C16H19N3O5S. The van der Waals surface area contributed by atoms with Crippen LogP contribution in [0.5, 0.6) is 0 Å².